The Hall–Kier alpha value is -2.67. The molecular formula is C16H17ClN2O5. The van der Waals surface area contributed by atoms with Gasteiger partial charge in [-0.25, -0.2) is 0 Å². The molecule has 0 aliphatic rings. The van der Waals surface area contributed by atoms with Crippen LogP contribution in [0.15, 0.2) is 34.9 Å². The zero-order valence-electron chi connectivity index (χ0n) is 13.2. The predicted molar refractivity (Wildman–Crippen MR) is 87.2 cm³/mol. The minimum absolute atomic E-state index is 0.144. The van der Waals surface area contributed by atoms with Crippen LogP contribution in [0.5, 0.6) is 11.5 Å². The van der Waals surface area contributed by atoms with Crippen molar-refractivity contribution in [1.29, 1.82) is 0 Å². The van der Waals surface area contributed by atoms with Gasteiger partial charge in [-0.2, -0.15) is 0 Å². The van der Waals surface area contributed by atoms with Crippen LogP contribution in [-0.2, 0) is 11.3 Å². The Morgan fingerprint density at radius 2 is 2.12 bits per heavy atom. The van der Waals surface area contributed by atoms with Gasteiger partial charge in [0.25, 0.3) is 11.8 Å². The first kappa shape index (κ1) is 17.7. The number of ether oxygens (including phenoxy) is 2. The summed E-state index contributed by atoms with van der Waals surface area (Å²) in [4.78, 5) is 24.8. The molecule has 1 aromatic carbocycles. The monoisotopic (exact) mass is 352 g/mol. The standard InChI is InChI=1S/C16H17ClN2O5/c1-19(8-11-4-3-5-23-11)16(21)10-6-12(17)15(13(7-10)22-2)24-9-14(18)20/h3-7H,8-9H2,1-2H3,(H2,18,20). The number of benzene rings is 1. The van der Waals surface area contributed by atoms with Gasteiger partial charge in [0, 0.05) is 12.6 Å². The summed E-state index contributed by atoms with van der Waals surface area (Å²) in [6.07, 6.45) is 1.54. The van der Waals surface area contributed by atoms with Gasteiger partial charge in [-0.3, -0.25) is 9.59 Å². The summed E-state index contributed by atoms with van der Waals surface area (Å²) in [6.45, 7) is -0.0343. The summed E-state index contributed by atoms with van der Waals surface area (Å²) in [6, 6.07) is 6.46. The van der Waals surface area contributed by atoms with Crippen LogP contribution in [0.3, 0.4) is 0 Å². The molecular weight excluding hydrogens is 336 g/mol. The molecule has 2 aromatic rings. The number of nitrogens with two attached hydrogens (primary N) is 1. The normalized spacial score (nSPS) is 10.3. The van der Waals surface area contributed by atoms with Crippen LogP contribution < -0.4 is 15.2 Å². The van der Waals surface area contributed by atoms with Gasteiger partial charge < -0.3 is 24.5 Å². The lowest BCUT2D eigenvalue weighted by atomic mass is 10.1. The molecule has 1 aromatic heterocycles. The number of hydrogen-bond acceptors (Lipinski definition) is 5. The van der Waals surface area contributed by atoms with Crippen LogP contribution >= 0.6 is 11.6 Å². The minimum atomic E-state index is -0.647. The van der Waals surface area contributed by atoms with Gasteiger partial charge in [-0.15, -0.1) is 0 Å². The molecule has 0 bridgehead atoms. The number of methoxy groups -OCH3 is 1. The maximum absolute atomic E-state index is 12.5. The van der Waals surface area contributed by atoms with E-state index in [0.29, 0.717) is 17.9 Å². The van der Waals surface area contributed by atoms with Gasteiger partial charge in [-0.05, 0) is 24.3 Å². The fourth-order valence-electron chi connectivity index (χ4n) is 2.06. The van der Waals surface area contributed by atoms with Gasteiger partial charge >= 0.3 is 0 Å². The maximum atomic E-state index is 12.5. The zero-order valence-corrected chi connectivity index (χ0v) is 14.0. The minimum Gasteiger partial charge on any atom is -0.493 e. The van der Waals surface area contributed by atoms with Crippen molar-refractivity contribution in [3.05, 3.63) is 46.9 Å². The second-order valence-corrected chi connectivity index (χ2v) is 5.39. The third-order valence-electron chi connectivity index (χ3n) is 3.15. The highest BCUT2D eigenvalue weighted by Crippen LogP contribution is 2.36. The van der Waals surface area contributed by atoms with Crippen molar-refractivity contribution in [1.82, 2.24) is 4.90 Å². The van der Waals surface area contributed by atoms with Crippen molar-refractivity contribution in [2.45, 2.75) is 6.54 Å². The molecule has 0 atom stereocenters. The second kappa shape index (κ2) is 7.74. The first-order chi connectivity index (χ1) is 11.4. The number of primary amides is 1. The molecule has 0 saturated heterocycles. The Balaban J connectivity index is 2.22. The molecule has 2 N–H and O–H groups in total. The van der Waals surface area contributed by atoms with Crippen molar-refractivity contribution in [2.75, 3.05) is 20.8 Å². The van der Waals surface area contributed by atoms with Crippen LogP contribution in [-0.4, -0.2) is 37.5 Å². The summed E-state index contributed by atoms with van der Waals surface area (Å²) in [5, 5.41) is 0.144. The van der Waals surface area contributed by atoms with Crippen LogP contribution in [0.4, 0.5) is 0 Å². The average Bonchev–Trinajstić information content (AvgIpc) is 3.04. The van der Waals surface area contributed by atoms with Crippen LogP contribution in [0, 0.1) is 0 Å². The van der Waals surface area contributed by atoms with Crippen LogP contribution in [0.1, 0.15) is 16.1 Å². The van der Waals surface area contributed by atoms with E-state index in [1.807, 2.05) is 0 Å². The van der Waals surface area contributed by atoms with Crippen molar-refractivity contribution in [2.24, 2.45) is 5.73 Å². The van der Waals surface area contributed by atoms with E-state index in [4.69, 9.17) is 31.2 Å². The Morgan fingerprint density at radius 3 is 2.71 bits per heavy atom. The molecule has 2 rings (SSSR count). The largest absolute Gasteiger partial charge is 0.493 e. The first-order valence-corrected chi connectivity index (χ1v) is 7.36. The van der Waals surface area contributed by atoms with Gasteiger partial charge in [0.05, 0.1) is 24.9 Å². The van der Waals surface area contributed by atoms with Crippen molar-refractivity contribution in [3.63, 3.8) is 0 Å². The second-order valence-electron chi connectivity index (χ2n) is 4.99. The number of hydrogen-bond donors (Lipinski definition) is 1. The molecule has 0 aliphatic heterocycles. The van der Waals surface area contributed by atoms with E-state index in [2.05, 4.69) is 0 Å². The highest BCUT2D eigenvalue weighted by Gasteiger charge is 2.19. The number of furan rings is 1. The smallest absolute Gasteiger partial charge is 0.255 e. The first-order valence-electron chi connectivity index (χ1n) is 6.99. The van der Waals surface area contributed by atoms with E-state index in [9.17, 15) is 9.59 Å². The summed E-state index contributed by atoms with van der Waals surface area (Å²) in [7, 11) is 3.05. The van der Waals surface area contributed by atoms with Gasteiger partial charge in [-0.1, -0.05) is 11.6 Å². The number of nitrogens with zero attached hydrogens (tertiary/aromatic N) is 1. The Kier molecular flexibility index (Phi) is 5.70. The van der Waals surface area contributed by atoms with Crippen molar-refractivity contribution >= 4 is 23.4 Å². The fraction of sp³-hybridized carbons (Fsp3) is 0.250. The molecule has 1 heterocycles. The highest BCUT2D eigenvalue weighted by molar-refractivity contribution is 6.32. The molecule has 7 nitrogen and oxygen atoms in total. The topological polar surface area (TPSA) is 95.0 Å². The lowest BCUT2D eigenvalue weighted by Crippen LogP contribution is -2.26. The molecule has 0 spiro atoms. The molecule has 0 unspecified atom stereocenters. The SMILES string of the molecule is COc1cc(C(=O)N(C)Cc2ccco2)cc(Cl)c1OCC(N)=O. The predicted octanol–water partition coefficient (Wildman–Crippen LogP) is 2.08. The highest BCUT2D eigenvalue weighted by atomic mass is 35.5. The summed E-state index contributed by atoms with van der Waals surface area (Å²) < 4.78 is 15.6. The number of rotatable bonds is 7. The lowest BCUT2D eigenvalue weighted by Gasteiger charge is -2.18. The summed E-state index contributed by atoms with van der Waals surface area (Å²) in [5.74, 6) is 0.131. The Labute approximate surface area is 143 Å². The molecule has 0 aliphatic carbocycles. The Bertz CT molecular complexity index is 730. The lowest BCUT2D eigenvalue weighted by molar-refractivity contribution is -0.119. The number of carbonyl (C=O) groups is 2. The van der Waals surface area contributed by atoms with Crippen LogP contribution in [0.2, 0.25) is 5.02 Å². The van der Waals surface area contributed by atoms with E-state index in [1.165, 1.54) is 24.1 Å². The molecule has 0 saturated carbocycles. The van der Waals surface area contributed by atoms with E-state index in [-0.39, 0.29) is 29.0 Å². The number of halogens is 1. The summed E-state index contributed by atoms with van der Waals surface area (Å²) >= 11 is 6.14. The van der Waals surface area contributed by atoms with Crippen molar-refractivity contribution in [3.8, 4) is 11.5 Å². The summed E-state index contributed by atoms with van der Waals surface area (Å²) in [5.41, 5.74) is 5.36. The number of amides is 2. The molecule has 0 radical (unpaired) electrons. The van der Waals surface area contributed by atoms with E-state index in [0.717, 1.165) is 0 Å². The molecule has 128 valence electrons. The van der Waals surface area contributed by atoms with Gasteiger partial charge in [0.2, 0.25) is 0 Å². The maximum Gasteiger partial charge on any atom is 0.255 e. The fourth-order valence-corrected chi connectivity index (χ4v) is 2.32. The van der Waals surface area contributed by atoms with E-state index in [1.54, 1.807) is 25.4 Å². The average molecular weight is 353 g/mol. The Morgan fingerprint density at radius 1 is 1.38 bits per heavy atom. The molecule has 0 fully saturated rings. The quantitative estimate of drug-likeness (QED) is 0.823. The molecule has 2 amide bonds. The molecule has 8 heteroatoms. The third kappa shape index (κ3) is 4.20. The van der Waals surface area contributed by atoms with Gasteiger partial charge in [0.15, 0.2) is 18.1 Å². The molecule has 24 heavy (non-hydrogen) atoms. The van der Waals surface area contributed by atoms with Crippen LogP contribution in [0.25, 0.3) is 0 Å². The van der Waals surface area contributed by atoms with E-state index < -0.39 is 5.91 Å². The van der Waals surface area contributed by atoms with E-state index >= 15 is 0 Å². The zero-order chi connectivity index (χ0) is 17.7. The van der Waals surface area contributed by atoms with Gasteiger partial charge in [0.1, 0.15) is 5.76 Å². The third-order valence-corrected chi connectivity index (χ3v) is 3.44. The number of carbonyl (C=O) groups excluding carboxylic acids is 2. The van der Waals surface area contributed by atoms with Crippen molar-refractivity contribution < 1.29 is 23.5 Å².